The second kappa shape index (κ2) is 13.7. The van der Waals surface area contributed by atoms with E-state index >= 15 is 4.39 Å². The monoisotopic (exact) mass is 529 g/mol. The molecule has 2 amide bonds. The van der Waals surface area contributed by atoms with E-state index in [2.05, 4.69) is 10.6 Å². The van der Waals surface area contributed by atoms with Crippen molar-refractivity contribution in [3.05, 3.63) is 59.4 Å². The number of amides is 2. The Kier molecular flexibility index (Phi) is 10.6. The summed E-state index contributed by atoms with van der Waals surface area (Å²) in [5.74, 6) is -1.04. The lowest BCUT2D eigenvalue weighted by Crippen LogP contribution is -2.49. The van der Waals surface area contributed by atoms with Crippen LogP contribution in [0, 0.1) is 11.7 Å². The average molecular weight is 530 g/mol. The van der Waals surface area contributed by atoms with E-state index in [0.717, 1.165) is 12.0 Å². The van der Waals surface area contributed by atoms with Crippen LogP contribution in [0.3, 0.4) is 0 Å². The standard InChI is InChI=1S/C29H40FN3O5/c1-3-20-8-4-9-21(16-20)27-24(11-5-12-25(27)30)29(38,13-7-14-32-28(36)37)22-10-6-15-33(19-22)26(35)17-23(34)18-31-2/h4-5,8-9,11-12,16,22-23,31-32,34,38H,3,6-7,10,13-15,17-19H2,1-2H3,(H,36,37)/t22?,23-,29?/m1/s1. The molecule has 8 nitrogen and oxygen atoms in total. The van der Waals surface area contributed by atoms with Crippen LogP contribution in [0.4, 0.5) is 9.18 Å². The lowest BCUT2D eigenvalue weighted by atomic mass is 9.72. The molecule has 2 unspecified atom stereocenters. The summed E-state index contributed by atoms with van der Waals surface area (Å²) in [6.45, 7) is 3.24. The Labute approximate surface area is 223 Å². The van der Waals surface area contributed by atoms with Crippen LogP contribution < -0.4 is 10.6 Å². The van der Waals surface area contributed by atoms with Gasteiger partial charge in [0.25, 0.3) is 0 Å². The van der Waals surface area contributed by atoms with Crippen LogP contribution in [-0.2, 0) is 16.8 Å². The number of carboxylic acid groups (broad SMARTS) is 1. The zero-order valence-electron chi connectivity index (χ0n) is 22.3. The van der Waals surface area contributed by atoms with E-state index in [1.165, 1.54) is 6.07 Å². The Morgan fingerprint density at radius 1 is 1.24 bits per heavy atom. The van der Waals surface area contributed by atoms with Gasteiger partial charge in [0.15, 0.2) is 0 Å². The van der Waals surface area contributed by atoms with E-state index in [9.17, 15) is 19.8 Å². The first-order valence-corrected chi connectivity index (χ1v) is 13.4. The average Bonchev–Trinajstić information content (AvgIpc) is 2.91. The lowest BCUT2D eigenvalue weighted by Gasteiger charge is -2.44. The molecule has 38 heavy (non-hydrogen) atoms. The maximum atomic E-state index is 15.5. The third kappa shape index (κ3) is 7.30. The molecule has 9 heteroatoms. The van der Waals surface area contributed by atoms with Crippen LogP contribution in [0.1, 0.15) is 50.2 Å². The van der Waals surface area contributed by atoms with Crippen LogP contribution in [0.25, 0.3) is 11.1 Å². The van der Waals surface area contributed by atoms with Gasteiger partial charge in [0, 0.05) is 37.7 Å². The van der Waals surface area contributed by atoms with Crippen molar-refractivity contribution in [1.82, 2.24) is 15.5 Å². The normalized spacial score (nSPS) is 18.0. The molecule has 0 saturated carbocycles. The number of halogens is 1. The van der Waals surface area contributed by atoms with Crippen LogP contribution >= 0.6 is 0 Å². The number of hydrogen-bond acceptors (Lipinski definition) is 5. The highest BCUT2D eigenvalue weighted by atomic mass is 19.1. The molecule has 2 aromatic carbocycles. The molecule has 0 aliphatic carbocycles. The van der Waals surface area contributed by atoms with Gasteiger partial charge >= 0.3 is 6.09 Å². The van der Waals surface area contributed by atoms with Gasteiger partial charge in [-0.15, -0.1) is 0 Å². The van der Waals surface area contributed by atoms with Gasteiger partial charge in [0.1, 0.15) is 5.82 Å². The molecule has 0 spiro atoms. The summed E-state index contributed by atoms with van der Waals surface area (Å²) in [7, 11) is 1.71. The van der Waals surface area contributed by atoms with Crippen molar-refractivity contribution in [2.45, 2.75) is 57.2 Å². The van der Waals surface area contributed by atoms with Gasteiger partial charge in [-0.2, -0.15) is 0 Å². The Morgan fingerprint density at radius 3 is 2.71 bits per heavy atom. The van der Waals surface area contributed by atoms with E-state index in [0.29, 0.717) is 49.0 Å². The van der Waals surface area contributed by atoms with Crippen LogP contribution in [0.2, 0.25) is 0 Å². The summed E-state index contributed by atoms with van der Waals surface area (Å²) in [5, 5.41) is 36.7. The number of piperidine rings is 1. The Bertz CT molecular complexity index is 1100. The fraction of sp³-hybridized carbons (Fsp3) is 0.517. The quantitative estimate of drug-likeness (QED) is 0.268. The van der Waals surface area contributed by atoms with Gasteiger partial charge in [-0.25, -0.2) is 9.18 Å². The molecular weight excluding hydrogens is 489 g/mol. The maximum absolute atomic E-state index is 15.5. The molecule has 5 N–H and O–H groups in total. The molecule has 0 bridgehead atoms. The highest BCUT2D eigenvalue weighted by Crippen LogP contribution is 2.44. The lowest BCUT2D eigenvalue weighted by molar-refractivity contribution is -0.138. The third-order valence-electron chi connectivity index (χ3n) is 7.41. The molecular formula is C29H40FN3O5. The summed E-state index contributed by atoms with van der Waals surface area (Å²) in [6, 6.07) is 12.3. The Morgan fingerprint density at radius 2 is 2.00 bits per heavy atom. The summed E-state index contributed by atoms with van der Waals surface area (Å²) in [4.78, 5) is 25.6. The minimum absolute atomic E-state index is 0.0243. The maximum Gasteiger partial charge on any atom is 0.404 e. The van der Waals surface area contributed by atoms with Crippen LogP contribution in [-0.4, -0.2) is 71.6 Å². The number of benzene rings is 2. The van der Waals surface area contributed by atoms with Gasteiger partial charge in [-0.05, 0) is 61.9 Å². The second-order valence-electron chi connectivity index (χ2n) is 10.1. The number of carbonyl (C=O) groups is 2. The smallest absolute Gasteiger partial charge is 0.404 e. The first-order chi connectivity index (χ1) is 18.2. The number of nitrogens with one attached hydrogen (secondary N) is 2. The van der Waals surface area contributed by atoms with Crippen molar-refractivity contribution in [1.29, 1.82) is 0 Å². The number of aliphatic hydroxyl groups excluding tert-OH is 1. The van der Waals surface area contributed by atoms with Gasteiger partial charge in [-0.1, -0.05) is 43.3 Å². The molecule has 1 heterocycles. The molecule has 1 saturated heterocycles. The number of aryl methyl sites for hydroxylation is 1. The minimum Gasteiger partial charge on any atom is -0.465 e. The molecule has 1 aliphatic rings. The molecule has 2 aromatic rings. The van der Waals surface area contributed by atoms with E-state index in [1.807, 2.05) is 31.2 Å². The number of carbonyl (C=O) groups excluding carboxylic acids is 1. The van der Waals surface area contributed by atoms with Crippen molar-refractivity contribution in [2.24, 2.45) is 5.92 Å². The van der Waals surface area contributed by atoms with Crippen molar-refractivity contribution < 1.29 is 29.3 Å². The highest BCUT2D eigenvalue weighted by Gasteiger charge is 2.43. The third-order valence-corrected chi connectivity index (χ3v) is 7.41. The topological polar surface area (TPSA) is 122 Å². The SMILES string of the molecule is CCc1cccc(-c2c(F)cccc2C(O)(CCCNC(=O)O)C2CCCN(C(=O)C[C@@H](O)CNC)C2)c1. The number of likely N-dealkylation sites (N-methyl/N-ethyl adjacent to an activating group) is 1. The van der Waals surface area contributed by atoms with E-state index < -0.39 is 29.5 Å². The van der Waals surface area contributed by atoms with Gasteiger partial charge < -0.3 is 30.9 Å². The van der Waals surface area contributed by atoms with Gasteiger partial charge in [0.05, 0.1) is 18.1 Å². The first-order valence-electron chi connectivity index (χ1n) is 13.4. The largest absolute Gasteiger partial charge is 0.465 e. The molecule has 3 atom stereocenters. The van der Waals surface area contributed by atoms with Crippen molar-refractivity contribution in [3.63, 3.8) is 0 Å². The molecule has 0 aromatic heterocycles. The zero-order valence-corrected chi connectivity index (χ0v) is 22.3. The number of rotatable bonds is 12. The number of nitrogens with zero attached hydrogens (tertiary/aromatic N) is 1. The summed E-state index contributed by atoms with van der Waals surface area (Å²) in [5.41, 5.74) is 0.960. The molecule has 1 aliphatic heterocycles. The summed E-state index contributed by atoms with van der Waals surface area (Å²) in [6.07, 6.45) is 0.595. The predicted octanol–water partition coefficient (Wildman–Crippen LogP) is 3.50. The Hall–Kier alpha value is -3.01. The van der Waals surface area contributed by atoms with Gasteiger partial charge in [-0.3, -0.25) is 4.79 Å². The second-order valence-corrected chi connectivity index (χ2v) is 10.1. The summed E-state index contributed by atoms with van der Waals surface area (Å²) < 4.78 is 15.5. The number of aliphatic hydroxyl groups is 2. The number of hydrogen-bond donors (Lipinski definition) is 5. The highest BCUT2D eigenvalue weighted by molar-refractivity contribution is 5.77. The summed E-state index contributed by atoms with van der Waals surface area (Å²) >= 11 is 0. The molecule has 1 fully saturated rings. The van der Waals surface area contributed by atoms with Gasteiger partial charge in [0.2, 0.25) is 5.91 Å². The molecule has 0 radical (unpaired) electrons. The predicted molar refractivity (Wildman–Crippen MR) is 144 cm³/mol. The van der Waals surface area contributed by atoms with E-state index in [1.54, 1.807) is 24.1 Å². The van der Waals surface area contributed by atoms with Crippen molar-refractivity contribution >= 4 is 12.0 Å². The zero-order chi connectivity index (χ0) is 27.7. The van der Waals surface area contributed by atoms with Crippen LogP contribution in [0.15, 0.2) is 42.5 Å². The van der Waals surface area contributed by atoms with Crippen LogP contribution in [0.5, 0.6) is 0 Å². The minimum atomic E-state index is -1.51. The number of likely N-dealkylation sites (tertiary alicyclic amines) is 1. The van der Waals surface area contributed by atoms with Crippen molar-refractivity contribution in [2.75, 3.05) is 33.2 Å². The Balaban J connectivity index is 1.99. The van der Waals surface area contributed by atoms with E-state index in [-0.39, 0.29) is 31.8 Å². The molecule has 3 rings (SSSR count). The molecule has 208 valence electrons. The first kappa shape index (κ1) is 29.5. The van der Waals surface area contributed by atoms with Crippen molar-refractivity contribution in [3.8, 4) is 11.1 Å². The fourth-order valence-electron chi connectivity index (χ4n) is 5.47. The fourth-order valence-corrected chi connectivity index (χ4v) is 5.47. The van der Waals surface area contributed by atoms with E-state index in [4.69, 9.17) is 5.11 Å².